The number of carbonyl (C=O) groups is 2. The van der Waals surface area contributed by atoms with Gasteiger partial charge in [0.2, 0.25) is 5.91 Å². The van der Waals surface area contributed by atoms with E-state index in [1.165, 1.54) is 0 Å². The molecular weight excluding hydrogens is 575 g/mol. The van der Waals surface area contributed by atoms with Crippen LogP contribution >= 0.6 is 39.1 Å². The van der Waals surface area contributed by atoms with Gasteiger partial charge in [0.15, 0.2) is 6.61 Å². The van der Waals surface area contributed by atoms with Crippen molar-refractivity contribution in [1.82, 2.24) is 10.2 Å². The van der Waals surface area contributed by atoms with Gasteiger partial charge >= 0.3 is 0 Å². The fourth-order valence-corrected chi connectivity index (χ4v) is 5.48. The summed E-state index contributed by atoms with van der Waals surface area (Å²) in [6, 6.07) is 21.8. The summed E-state index contributed by atoms with van der Waals surface area (Å²) in [5.41, 5.74) is 1.88. The maximum absolute atomic E-state index is 13.7. The third-order valence-corrected chi connectivity index (χ3v) is 7.48. The highest BCUT2D eigenvalue weighted by molar-refractivity contribution is 9.10. The molecule has 5 nitrogen and oxygen atoms in total. The first-order valence-corrected chi connectivity index (χ1v) is 13.9. The van der Waals surface area contributed by atoms with Gasteiger partial charge in [0.25, 0.3) is 5.91 Å². The summed E-state index contributed by atoms with van der Waals surface area (Å²) in [4.78, 5) is 29.0. The summed E-state index contributed by atoms with van der Waals surface area (Å²) in [7, 11) is 0. The van der Waals surface area contributed by atoms with Gasteiger partial charge in [0, 0.05) is 28.5 Å². The fourth-order valence-electron chi connectivity index (χ4n) is 4.57. The molecule has 0 bridgehead atoms. The van der Waals surface area contributed by atoms with Gasteiger partial charge in [-0.3, -0.25) is 9.59 Å². The van der Waals surface area contributed by atoms with Gasteiger partial charge in [-0.25, -0.2) is 0 Å². The molecule has 1 aliphatic carbocycles. The second-order valence-electron chi connectivity index (χ2n) is 9.21. The minimum atomic E-state index is -0.709. The van der Waals surface area contributed by atoms with Crippen molar-refractivity contribution in [3.05, 3.63) is 98.4 Å². The highest BCUT2D eigenvalue weighted by Gasteiger charge is 2.32. The van der Waals surface area contributed by atoms with E-state index in [1.54, 1.807) is 23.1 Å². The molecule has 0 saturated heterocycles. The van der Waals surface area contributed by atoms with Crippen LogP contribution in [0.3, 0.4) is 0 Å². The molecule has 0 heterocycles. The number of nitrogens with one attached hydrogen (secondary N) is 1. The van der Waals surface area contributed by atoms with E-state index < -0.39 is 6.04 Å². The molecule has 1 atom stereocenters. The Hall–Kier alpha value is -2.54. The standard InChI is InChI=1S/C29H29BrCl2N2O3/c30-22-10-6-9-21(15-22)18-34(28(35)19-37-27-14-13-23(31)17-25(27)32)26(16-20-7-2-1-3-8-20)29(36)33-24-11-4-5-12-24/h1-3,6-10,13-15,17,24,26H,4-5,11-12,16,18-19H2,(H,33,36). The van der Waals surface area contributed by atoms with Gasteiger partial charge in [-0.2, -0.15) is 0 Å². The number of amides is 2. The lowest BCUT2D eigenvalue weighted by Crippen LogP contribution is -2.53. The highest BCUT2D eigenvalue weighted by Crippen LogP contribution is 2.28. The first kappa shape index (κ1) is 27.5. The van der Waals surface area contributed by atoms with Crippen molar-refractivity contribution in [2.24, 2.45) is 0 Å². The molecule has 0 radical (unpaired) electrons. The minimum Gasteiger partial charge on any atom is -0.482 e. The van der Waals surface area contributed by atoms with Crippen molar-refractivity contribution in [2.75, 3.05) is 6.61 Å². The van der Waals surface area contributed by atoms with Crippen molar-refractivity contribution < 1.29 is 14.3 Å². The van der Waals surface area contributed by atoms with Crippen LogP contribution in [-0.4, -0.2) is 35.4 Å². The first-order valence-electron chi connectivity index (χ1n) is 12.3. The van der Waals surface area contributed by atoms with Gasteiger partial charge in [0.1, 0.15) is 11.8 Å². The van der Waals surface area contributed by atoms with Crippen molar-refractivity contribution in [3.8, 4) is 5.75 Å². The van der Waals surface area contributed by atoms with Crippen molar-refractivity contribution >= 4 is 50.9 Å². The van der Waals surface area contributed by atoms with Gasteiger partial charge < -0.3 is 15.0 Å². The lowest BCUT2D eigenvalue weighted by atomic mass is 10.0. The fraction of sp³-hybridized carbons (Fsp3) is 0.310. The molecule has 194 valence electrons. The third kappa shape index (κ3) is 7.97. The number of rotatable bonds is 10. The zero-order valence-electron chi connectivity index (χ0n) is 20.3. The molecule has 1 fully saturated rings. The Labute approximate surface area is 236 Å². The minimum absolute atomic E-state index is 0.137. The van der Waals surface area contributed by atoms with E-state index in [1.807, 2.05) is 54.6 Å². The molecule has 2 amide bonds. The second-order valence-corrected chi connectivity index (χ2v) is 11.0. The summed E-state index contributed by atoms with van der Waals surface area (Å²) in [6.45, 7) is -0.0110. The van der Waals surface area contributed by atoms with E-state index in [4.69, 9.17) is 27.9 Å². The Kier molecular flexibility index (Phi) is 9.89. The van der Waals surface area contributed by atoms with E-state index in [-0.39, 0.29) is 31.0 Å². The zero-order chi connectivity index (χ0) is 26.2. The van der Waals surface area contributed by atoms with Crippen molar-refractivity contribution in [1.29, 1.82) is 0 Å². The third-order valence-electron chi connectivity index (χ3n) is 6.46. The van der Waals surface area contributed by atoms with Crippen LogP contribution < -0.4 is 10.1 Å². The average molecular weight is 604 g/mol. The topological polar surface area (TPSA) is 58.6 Å². The van der Waals surface area contributed by atoms with E-state index in [2.05, 4.69) is 21.2 Å². The van der Waals surface area contributed by atoms with Crippen LogP contribution in [-0.2, 0) is 22.6 Å². The number of benzene rings is 3. The molecule has 0 spiro atoms. The van der Waals surface area contributed by atoms with Gasteiger partial charge in [0.05, 0.1) is 5.02 Å². The average Bonchev–Trinajstić information content (AvgIpc) is 3.39. The van der Waals surface area contributed by atoms with Gasteiger partial charge in [-0.1, -0.05) is 94.4 Å². The van der Waals surface area contributed by atoms with Crippen LogP contribution in [0, 0.1) is 0 Å². The summed E-state index contributed by atoms with van der Waals surface area (Å²) in [6.07, 6.45) is 4.51. The maximum Gasteiger partial charge on any atom is 0.261 e. The number of halogens is 3. The van der Waals surface area contributed by atoms with Crippen LogP contribution in [0.1, 0.15) is 36.8 Å². The van der Waals surface area contributed by atoms with E-state index in [9.17, 15) is 9.59 Å². The molecule has 0 aromatic heterocycles. The summed E-state index contributed by atoms with van der Waals surface area (Å²) >= 11 is 15.8. The van der Waals surface area contributed by atoms with Crippen molar-refractivity contribution in [2.45, 2.75) is 50.7 Å². The normalized spacial score (nSPS) is 14.2. The molecule has 1 aliphatic rings. The lowest BCUT2D eigenvalue weighted by molar-refractivity contribution is -0.143. The second kappa shape index (κ2) is 13.3. The molecule has 37 heavy (non-hydrogen) atoms. The Morgan fingerprint density at radius 3 is 2.41 bits per heavy atom. The van der Waals surface area contributed by atoms with Crippen LogP contribution in [0.5, 0.6) is 5.75 Å². The molecule has 3 aromatic carbocycles. The van der Waals surface area contributed by atoms with E-state index >= 15 is 0 Å². The lowest BCUT2D eigenvalue weighted by Gasteiger charge is -2.32. The summed E-state index contributed by atoms with van der Waals surface area (Å²) in [5.74, 6) is -0.103. The summed E-state index contributed by atoms with van der Waals surface area (Å²) < 4.78 is 6.69. The largest absolute Gasteiger partial charge is 0.482 e. The van der Waals surface area contributed by atoms with Crippen LogP contribution in [0.15, 0.2) is 77.3 Å². The van der Waals surface area contributed by atoms with Gasteiger partial charge in [-0.15, -0.1) is 0 Å². The highest BCUT2D eigenvalue weighted by atomic mass is 79.9. The van der Waals surface area contributed by atoms with Gasteiger partial charge in [-0.05, 0) is 54.3 Å². The SMILES string of the molecule is O=C(NC1CCCC1)C(Cc1ccccc1)N(Cc1cccc(Br)c1)C(=O)COc1ccc(Cl)cc1Cl. The molecule has 4 rings (SSSR count). The molecule has 3 aromatic rings. The maximum atomic E-state index is 13.7. The number of hydrogen-bond donors (Lipinski definition) is 1. The predicted molar refractivity (Wildman–Crippen MR) is 151 cm³/mol. The van der Waals surface area contributed by atoms with Crippen LogP contribution in [0.4, 0.5) is 0 Å². The van der Waals surface area contributed by atoms with Crippen LogP contribution in [0.2, 0.25) is 10.0 Å². The smallest absolute Gasteiger partial charge is 0.261 e. The summed E-state index contributed by atoms with van der Waals surface area (Å²) in [5, 5.41) is 4.00. The number of nitrogens with zero attached hydrogens (tertiary/aromatic N) is 1. The number of hydrogen-bond acceptors (Lipinski definition) is 3. The Morgan fingerprint density at radius 1 is 0.973 bits per heavy atom. The molecule has 0 aliphatic heterocycles. The van der Waals surface area contributed by atoms with E-state index in [0.717, 1.165) is 41.3 Å². The Balaban J connectivity index is 1.62. The Bertz CT molecular complexity index is 1220. The van der Waals surface area contributed by atoms with Crippen molar-refractivity contribution in [3.63, 3.8) is 0 Å². The molecular formula is C29H29BrCl2N2O3. The number of carbonyl (C=O) groups excluding carboxylic acids is 2. The predicted octanol–water partition coefficient (Wildman–Crippen LogP) is 6.83. The Morgan fingerprint density at radius 2 is 1.70 bits per heavy atom. The van der Waals surface area contributed by atoms with Crippen LogP contribution in [0.25, 0.3) is 0 Å². The van der Waals surface area contributed by atoms with E-state index in [0.29, 0.717) is 22.2 Å². The number of ether oxygens (including phenoxy) is 1. The molecule has 1 N–H and O–H groups in total. The first-order chi connectivity index (χ1) is 17.9. The molecule has 8 heteroatoms. The molecule has 1 saturated carbocycles. The monoisotopic (exact) mass is 602 g/mol. The zero-order valence-corrected chi connectivity index (χ0v) is 23.4. The molecule has 1 unspecified atom stereocenters. The quantitative estimate of drug-likeness (QED) is 0.276.